The van der Waals surface area contributed by atoms with Crippen LogP contribution < -0.4 is 10.9 Å². The lowest BCUT2D eigenvalue weighted by atomic mass is 10.3. The Labute approximate surface area is 102 Å². The van der Waals surface area contributed by atoms with Crippen LogP contribution in [-0.2, 0) is 10.0 Å². The lowest BCUT2D eigenvalue weighted by Gasteiger charge is -2.07. The number of sulfonamides is 1. The molecule has 1 heterocycles. The highest BCUT2D eigenvalue weighted by atomic mass is 32.2. The van der Waals surface area contributed by atoms with Crippen LogP contribution in [0.25, 0.3) is 0 Å². The van der Waals surface area contributed by atoms with Crippen molar-refractivity contribution in [1.29, 1.82) is 0 Å². The molecule has 2 rings (SSSR count). The van der Waals surface area contributed by atoms with Crippen LogP contribution in [0.2, 0.25) is 0 Å². The molecule has 0 atom stereocenters. The fourth-order valence-corrected chi connectivity index (χ4v) is 2.84. The van der Waals surface area contributed by atoms with Crippen molar-refractivity contribution in [1.82, 2.24) is 9.97 Å². The summed E-state index contributed by atoms with van der Waals surface area (Å²) >= 11 is 1.24. The minimum Gasteiger partial charge on any atom is -0.397 e. The Hall–Kier alpha value is -1.51. The number of hydrogen-bond acceptors (Lipinski definition) is 5. The first kappa shape index (κ1) is 12.0. The van der Waals surface area contributed by atoms with E-state index in [-0.39, 0.29) is 10.6 Å². The Morgan fingerprint density at radius 2 is 2.12 bits per heavy atom. The van der Waals surface area contributed by atoms with Crippen molar-refractivity contribution in [2.45, 2.75) is 14.9 Å². The van der Waals surface area contributed by atoms with E-state index in [1.165, 1.54) is 17.8 Å². The summed E-state index contributed by atoms with van der Waals surface area (Å²) in [4.78, 5) is 7.42. The average molecular weight is 270 g/mol. The molecule has 0 saturated heterocycles. The Bertz CT molecular complexity index is 622. The Morgan fingerprint density at radius 3 is 2.71 bits per heavy atom. The molecule has 2 aromatic rings. The number of aromatic nitrogens is 2. The number of nitrogens with two attached hydrogens (primary N) is 2. The van der Waals surface area contributed by atoms with Crippen LogP contribution in [0.4, 0.5) is 5.69 Å². The number of nitrogens with one attached hydrogen (secondary N) is 1. The van der Waals surface area contributed by atoms with E-state index in [4.69, 9.17) is 10.9 Å². The molecule has 0 spiro atoms. The van der Waals surface area contributed by atoms with Crippen molar-refractivity contribution in [2.24, 2.45) is 5.14 Å². The number of nitrogens with zero attached hydrogens (tertiary/aromatic N) is 1. The number of imidazole rings is 1. The largest absolute Gasteiger partial charge is 0.397 e. The van der Waals surface area contributed by atoms with E-state index in [0.29, 0.717) is 10.1 Å². The van der Waals surface area contributed by atoms with Gasteiger partial charge < -0.3 is 10.7 Å². The van der Waals surface area contributed by atoms with E-state index >= 15 is 0 Å². The number of rotatable bonds is 3. The lowest BCUT2D eigenvalue weighted by molar-refractivity contribution is 0.598. The number of primary sulfonamides is 1. The molecule has 0 fully saturated rings. The van der Waals surface area contributed by atoms with Crippen molar-refractivity contribution in [3.8, 4) is 0 Å². The lowest BCUT2D eigenvalue weighted by Crippen LogP contribution is -2.14. The Balaban J connectivity index is 2.43. The molecule has 1 aromatic heterocycles. The van der Waals surface area contributed by atoms with E-state index in [9.17, 15) is 8.42 Å². The molecule has 0 bridgehead atoms. The standard InChI is InChI=1S/C9H10N4O2S2/c10-8-6(16-9-12-4-5-13-9)2-1-3-7(8)17(11,14)15/h1-5H,10H2,(H,12,13)(H2,11,14,15). The number of nitrogen functional groups attached to an aromatic ring is 1. The zero-order valence-corrected chi connectivity index (χ0v) is 10.3. The SMILES string of the molecule is Nc1c(Sc2ncc[nH]2)cccc1S(N)(=O)=O. The van der Waals surface area contributed by atoms with Gasteiger partial charge >= 0.3 is 0 Å². The zero-order valence-electron chi connectivity index (χ0n) is 8.62. The molecule has 0 aliphatic carbocycles. The second-order valence-corrected chi connectivity index (χ2v) is 5.77. The summed E-state index contributed by atoms with van der Waals surface area (Å²) in [6.07, 6.45) is 3.27. The maximum absolute atomic E-state index is 11.3. The van der Waals surface area contributed by atoms with E-state index in [1.54, 1.807) is 24.5 Å². The normalized spacial score (nSPS) is 11.6. The monoisotopic (exact) mass is 270 g/mol. The summed E-state index contributed by atoms with van der Waals surface area (Å²) in [6, 6.07) is 4.66. The molecule has 0 unspecified atom stereocenters. The van der Waals surface area contributed by atoms with E-state index in [2.05, 4.69) is 9.97 Å². The third-order valence-corrected chi connectivity index (χ3v) is 3.97. The molecule has 0 radical (unpaired) electrons. The number of H-pyrrole nitrogens is 1. The van der Waals surface area contributed by atoms with Gasteiger partial charge in [-0.25, -0.2) is 18.5 Å². The molecule has 0 aliphatic rings. The summed E-state index contributed by atoms with van der Waals surface area (Å²) < 4.78 is 22.5. The first-order chi connectivity index (χ1) is 7.98. The highest BCUT2D eigenvalue weighted by molar-refractivity contribution is 7.99. The first-order valence-electron chi connectivity index (χ1n) is 4.57. The van der Waals surface area contributed by atoms with Crippen LogP contribution in [0.5, 0.6) is 0 Å². The fraction of sp³-hybridized carbons (Fsp3) is 0. The van der Waals surface area contributed by atoms with Gasteiger partial charge in [-0.2, -0.15) is 0 Å². The summed E-state index contributed by atoms with van der Waals surface area (Å²) in [5.41, 5.74) is 5.90. The number of aromatic amines is 1. The van der Waals surface area contributed by atoms with Gasteiger partial charge in [0, 0.05) is 17.3 Å². The van der Waals surface area contributed by atoms with E-state index < -0.39 is 10.0 Å². The molecule has 8 heteroatoms. The van der Waals surface area contributed by atoms with Crippen LogP contribution in [0.15, 0.2) is 45.5 Å². The summed E-state index contributed by atoms with van der Waals surface area (Å²) in [5.74, 6) is 0. The number of benzene rings is 1. The number of hydrogen-bond donors (Lipinski definition) is 3. The van der Waals surface area contributed by atoms with Gasteiger partial charge in [0.15, 0.2) is 5.16 Å². The fourth-order valence-electron chi connectivity index (χ4n) is 1.27. The van der Waals surface area contributed by atoms with Gasteiger partial charge in [-0.3, -0.25) is 0 Å². The van der Waals surface area contributed by atoms with Crippen LogP contribution in [0, 0.1) is 0 Å². The maximum atomic E-state index is 11.3. The molecule has 90 valence electrons. The molecule has 0 saturated carbocycles. The molecule has 0 amide bonds. The van der Waals surface area contributed by atoms with Crippen LogP contribution in [0.1, 0.15) is 0 Å². The molecule has 5 N–H and O–H groups in total. The molecule has 6 nitrogen and oxygen atoms in total. The topological polar surface area (TPSA) is 115 Å². The van der Waals surface area contributed by atoms with Crippen LogP contribution in [0.3, 0.4) is 0 Å². The smallest absolute Gasteiger partial charge is 0.240 e. The van der Waals surface area contributed by atoms with Crippen molar-refractivity contribution in [3.63, 3.8) is 0 Å². The van der Waals surface area contributed by atoms with Crippen molar-refractivity contribution >= 4 is 27.5 Å². The van der Waals surface area contributed by atoms with Gasteiger partial charge in [-0.05, 0) is 23.9 Å². The van der Waals surface area contributed by atoms with Crippen molar-refractivity contribution < 1.29 is 8.42 Å². The minimum atomic E-state index is -3.80. The van der Waals surface area contributed by atoms with E-state index in [1.807, 2.05) is 0 Å². The third-order valence-electron chi connectivity index (χ3n) is 2.01. The summed E-state index contributed by atoms with van der Waals surface area (Å²) in [7, 11) is -3.80. The van der Waals surface area contributed by atoms with E-state index in [0.717, 1.165) is 0 Å². The summed E-state index contributed by atoms with van der Waals surface area (Å²) in [5, 5.41) is 5.69. The number of anilines is 1. The maximum Gasteiger partial charge on any atom is 0.240 e. The van der Waals surface area contributed by atoms with Gasteiger partial charge in [0.25, 0.3) is 0 Å². The van der Waals surface area contributed by atoms with Crippen LogP contribution >= 0.6 is 11.8 Å². The van der Waals surface area contributed by atoms with Gasteiger partial charge in [0.1, 0.15) is 4.90 Å². The van der Waals surface area contributed by atoms with Crippen LogP contribution in [-0.4, -0.2) is 18.4 Å². The molecule has 17 heavy (non-hydrogen) atoms. The average Bonchev–Trinajstić information content (AvgIpc) is 2.72. The minimum absolute atomic E-state index is 0.0749. The second kappa shape index (κ2) is 4.40. The van der Waals surface area contributed by atoms with Gasteiger partial charge in [-0.1, -0.05) is 6.07 Å². The number of para-hydroxylation sites is 1. The predicted molar refractivity (Wildman–Crippen MR) is 64.9 cm³/mol. The third kappa shape index (κ3) is 2.60. The molecule has 0 aliphatic heterocycles. The molecular weight excluding hydrogens is 260 g/mol. The highest BCUT2D eigenvalue weighted by Gasteiger charge is 2.15. The quantitative estimate of drug-likeness (QED) is 0.713. The Morgan fingerprint density at radius 1 is 1.35 bits per heavy atom. The van der Waals surface area contributed by atoms with Gasteiger partial charge in [0.2, 0.25) is 10.0 Å². The van der Waals surface area contributed by atoms with Crippen molar-refractivity contribution in [2.75, 3.05) is 5.73 Å². The molecular formula is C9H10N4O2S2. The van der Waals surface area contributed by atoms with Gasteiger partial charge in [-0.15, -0.1) is 0 Å². The summed E-state index contributed by atoms with van der Waals surface area (Å²) in [6.45, 7) is 0. The Kier molecular flexibility index (Phi) is 3.09. The predicted octanol–water partition coefficient (Wildman–Crippen LogP) is 0.791. The first-order valence-corrected chi connectivity index (χ1v) is 6.93. The zero-order chi connectivity index (χ0) is 12.5. The highest BCUT2D eigenvalue weighted by Crippen LogP contribution is 2.33. The second-order valence-electron chi connectivity index (χ2n) is 3.21. The van der Waals surface area contributed by atoms with Crippen molar-refractivity contribution in [3.05, 3.63) is 30.6 Å². The molecule has 1 aromatic carbocycles. The van der Waals surface area contributed by atoms with Gasteiger partial charge in [0.05, 0.1) is 5.69 Å².